The van der Waals surface area contributed by atoms with Gasteiger partial charge in [0.25, 0.3) is 0 Å². The lowest BCUT2D eigenvalue weighted by Crippen LogP contribution is -2.29. The van der Waals surface area contributed by atoms with E-state index in [-0.39, 0.29) is 0 Å². The largest absolute Gasteiger partial charge is 0.358 e. The lowest BCUT2D eigenvalue weighted by Gasteiger charge is -2.21. The van der Waals surface area contributed by atoms with Crippen LogP contribution in [-0.4, -0.2) is 35.8 Å². The van der Waals surface area contributed by atoms with Crippen LogP contribution in [0.25, 0.3) is 0 Å². The van der Waals surface area contributed by atoms with Crippen LogP contribution >= 0.6 is 24.0 Å². The van der Waals surface area contributed by atoms with Crippen molar-refractivity contribution in [2.75, 3.05) is 18.5 Å². The Hall–Kier alpha value is 0.457. The first-order chi connectivity index (χ1) is 5.99. The normalized spacial score (nSPS) is 17.9. The summed E-state index contributed by atoms with van der Waals surface area (Å²) < 4.78 is 1.14. The Labute approximate surface area is 92.3 Å². The quantitative estimate of drug-likeness (QED) is 0.533. The van der Waals surface area contributed by atoms with E-state index in [4.69, 9.17) is 12.2 Å². The van der Waals surface area contributed by atoms with Gasteiger partial charge in [0.1, 0.15) is 4.32 Å². The number of hydrogen-bond donors (Lipinski definition) is 0. The summed E-state index contributed by atoms with van der Waals surface area (Å²) in [5, 5.41) is 1.27. The van der Waals surface area contributed by atoms with Crippen LogP contribution in [-0.2, 0) is 0 Å². The van der Waals surface area contributed by atoms with Gasteiger partial charge >= 0.3 is 0 Å². The molecule has 1 rings (SSSR count). The van der Waals surface area contributed by atoms with E-state index in [1.807, 2.05) is 11.8 Å². The SMILES string of the molecule is C[Si](C)(C)CSC(=S)N1CCCC1. The maximum Gasteiger partial charge on any atom is 0.136 e. The Bertz CT molecular complexity index is 183. The maximum absolute atomic E-state index is 5.39. The molecule has 0 saturated carbocycles. The average molecular weight is 233 g/mol. The summed E-state index contributed by atoms with van der Waals surface area (Å²) in [6.45, 7) is 9.57. The number of nitrogens with zero attached hydrogens (tertiary/aromatic N) is 1. The lowest BCUT2D eigenvalue weighted by molar-refractivity contribution is 0.539. The first-order valence-corrected chi connectivity index (χ1v) is 10.0. The van der Waals surface area contributed by atoms with Crippen molar-refractivity contribution in [1.29, 1.82) is 0 Å². The summed E-state index contributed by atoms with van der Waals surface area (Å²) in [4.78, 5) is 2.36. The number of hydrogen-bond acceptors (Lipinski definition) is 2. The van der Waals surface area contributed by atoms with E-state index < -0.39 is 8.07 Å². The minimum Gasteiger partial charge on any atom is -0.358 e. The van der Waals surface area contributed by atoms with Crippen molar-refractivity contribution in [2.24, 2.45) is 0 Å². The zero-order valence-electron chi connectivity index (χ0n) is 8.80. The first-order valence-electron chi connectivity index (χ1n) is 4.91. The van der Waals surface area contributed by atoms with Gasteiger partial charge in [-0.05, 0) is 18.2 Å². The van der Waals surface area contributed by atoms with Crippen molar-refractivity contribution in [2.45, 2.75) is 32.5 Å². The molecule has 0 amide bonds. The van der Waals surface area contributed by atoms with E-state index >= 15 is 0 Å². The molecular formula is C9H19NS2Si. The molecule has 0 aliphatic carbocycles. The molecule has 0 bridgehead atoms. The van der Waals surface area contributed by atoms with E-state index in [0.717, 1.165) is 4.32 Å². The van der Waals surface area contributed by atoms with Crippen LogP contribution in [0.15, 0.2) is 0 Å². The van der Waals surface area contributed by atoms with Crippen LogP contribution in [0.2, 0.25) is 19.6 Å². The van der Waals surface area contributed by atoms with Crippen LogP contribution in [0.3, 0.4) is 0 Å². The minimum atomic E-state index is -0.922. The third kappa shape index (κ3) is 4.47. The van der Waals surface area contributed by atoms with Crippen LogP contribution in [0, 0.1) is 0 Å². The molecule has 0 aromatic rings. The van der Waals surface area contributed by atoms with Gasteiger partial charge in [0.15, 0.2) is 0 Å². The summed E-state index contributed by atoms with van der Waals surface area (Å²) in [5.74, 6) is 0. The molecule has 0 spiro atoms. The highest BCUT2D eigenvalue weighted by Gasteiger charge is 2.19. The second-order valence-corrected chi connectivity index (χ2v) is 12.4. The number of likely N-dealkylation sites (tertiary alicyclic amines) is 1. The van der Waals surface area contributed by atoms with Crippen molar-refractivity contribution >= 4 is 36.4 Å². The highest BCUT2D eigenvalue weighted by Crippen LogP contribution is 2.19. The molecule has 1 aliphatic rings. The second-order valence-electron chi connectivity index (χ2n) is 4.81. The Balaban J connectivity index is 2.25. The molecule has 0 radical (unpaired) electrons. The fraction of sp³-hybridized carbons (Fsp3) is 0.889. The Morgan fingerprint density at radius 2 is 1.85 bits per heavy atom. The predicted octanol–water partition coefficient (Wildman–Crippen LogP) is 2.98. The third-order valence-corrected chi connectivity index (χ3v) is 7.15. The molecule has 1 nitrogen and oxygen atoms in total. The van der Waals surface area contributed by atoms with Crippen LogP contribution < -0.4 is 0 Å². The van der Waals surface area contributed by atoms with Gasteiger partial charge in [-0.15, -0.1) is 0 Å². The van der Waals surface area contributed by atoms with Crippen LogP contribution in [0.4, 0.5) is 0 Å². The highest BCUT2D eigenvalue weighted by atomic mass is 32.2. The Kier molecular flexibility index (Phi) is 4.26. The number of thioether (sulfide) groups is 1. The molecule has 1 aliphatic heterocycles. The predicted molar refractivity (Wildman–Crippen MR) is 69.2 cm³/mol. The zero-order valence-corrected chi connectivity index (χ0v) is 11.4. The van der Waals surface area contributed by atoms with Gasteiger partial charge < -0.3 is 4.90 Å². The molecule has 1 fully saturated rings. The fourth-order valence-electron chi connectivity index (χ4n) is 1.27. The van der Waals surface area contributed by atoms with E-state index in [0.29, 0.717) is 0 Å². The van der Waals surface area contributed by atoms with Crippen molar-refractivity contribution in [3.63, 3.8) is 0 Å². The van der Waals surface area contributed by atoms with Crippen molar-refractivity contribution in [1.82, 2.24) is 4.90 Å². The van der Waals surface area contributed by atoms with Crippen molar-refractivity contribution < 1.29 is 0 Å². The zero-order chi connectivity index (χ0) is 9.90. The van der Waals surface area contributed by atoms with Gasteiger partial charge in [0, 0.05) is 13.1 Å². The van der Waals surface area contributed by atoms with Crippen molar-refractivity contribution in [3.05, 3.63) is 0 Å². The fourth-order valence-corrected chi connectivity index (χ4v) is 4.57. The smallest absolute Gasteiger partial charge is 0.136 e. The molecule has 13 heavy (non-hydrogen) atoms. The Morgan fingerprint density at radius 3 is 2.31 bits per heavy atom. The monoisotopic (exact) mass is 233 g/mol. The van der Waals surface area contributed by atoms with Crippen molar-refractivity contribution in [3.8, 4) is 0 Å². The molecule has 0 aromatic carbocycles. The average Bonchev–Trinajstić information content (AvgIpc) is 2.50. The molecule has 1 saturated heterocycles. The van der Waals surface area contributed by atoms with Crippen LogP contribution in [0.5, 0.6) is 0 Å². The summed E-state index contributed by atoms with van der Waals surface area (Å²) in [6.07, 6.45) is 2.65. The van der Waals surface area contributed by atoms with E-state index in [2.05, 4.69) is 24.5 Å². The summed E-state index contributed by atoms with van der Waals surface area (Å²) >= 11 is 7.29. The van der Waals surface area contributed by atoms with Gasteiger partial charge in [-0.2, -0.15) is 0 Å². The molecule has 0 aromatic heterocycles. The van der Waals surface area contributed by atoms with Crippen LogP contribution in [0.1, 0.15) is 12.8 Å². The topological polar surface area (TPSA) is 3.24 Å². The van der Waals surface area contributed by atoms with E-state index in [9.17, 15) is 0 Å². The van der Waals surface area contributed by atoms with Gasteiger partial charge in [0.2, 0.25) is 0 Å². The molecule has 0 atom stereocenters. The van der Waals surface area contributed by atoms with Gasteiger partial charge in [-0.3, -0.25) is 0 Å². The first kappa shape index (κ1) is 11.5. The van der Waals surface area contributed by atoms with Gasteiger partial charge in [-0.1, -0.05) is 43.6 Å². The molecule has 4 heteroatoms. The van der Waals surface area contributed by atoms with Gasteiger partial charge in [-0.25, -0.2) is 0 Å². The third-order valence-electron chi connectivity index (χ3n) is 1.99. The van der Waals surface area contributed by atoms with E-state index in [1.165, 1.54) is 31.3 Å². The summed E-state index contributed by atoms with van der Waals surface area (Å²) in [7, 11) is -0.922. The highest BCUT2D eigenvalue weighted by molar-refractivity contribution is 8.23. The molecule has 76 valence electrons. The lowest BCUT2D eigenvalue weighted by atomic mass is 10.4. The summed E-state index contributed by atoms with van der Waals surface area (Å²) in [6, 6.07) is 0. The molecule has 1 heterocycles. The standard InChI is InChI=1S/C9H19NS2Si/c1-13(2,3)8-12-9(11)10-6-4-5-7-10/h4-8H2,1-3H3. The number of thiocarbonyl (C=S) groups is 1. The summed E-state index contributed by atoms with van der Waals surface area (Å²) in [5.41, 5.74) is 0. The number of rotatable bonds is 2. The molecular weight excluding hydrogens is 214 g/mol. The molecule has 0 N–H and O–H groups in total. The Morgan fingerprint density at radius 1 is 1.31 bits per heavy atom. The minimum absolute atomic E-state index is 0.922. The maximum atomic E-state index is 5.39. The second kappa shape index (κ2) is 4.80. The van der Waals surface area contributed by atoms with E-state index in [1.54, 1.807) is 0 Å². The molecule has 0 unspecified atom stereocenters. The van der Waals surface area contributed by atoms with Gasteiger partial charge in [0.05, 0.1) is 8.07 Å².